The maximum absolute atomic E-state index is 11.8. The summed E-state index contributed by atoms with van der Waals surface area (Å²) in [6, 6.07) is 11.0. The van der Waals surface area contributed by atoms with Gasteiger partial charge < -0.3 is 14.4 Å². The molecule has 0 amide bonds. The predicted molar refractivity (Wildman–Crippen MR) is 100 cm³/mol. The van der Waals surface area contributed by atoms with Crippen LogP contribution in [0.2, 0.25) is 0 Å². The van der Waals surface area contributed by atoms with Crippen molar-refractivity contribution in [2.24, 2.45) is 0 Å². The summed E-state index contributed by atoms with van der Waals surface area (Å²) in [6.07, 6.45) is 3.48. The Kier molecular flexibility index (Phi) is 5.03. The molecular formula is C20H21N5O3. The van der Waals surface area contributed by atoms with Crippen molar-refractivity contribution >= 4 is 5.97 Å². The molecular weight excluding hydrogens is 358 g/mol. The first-order chi connectivity index (χ1) is 13.6. The van der Waals surface area contributed by atoms with Crippen molar-refractivity contribution in [3.8, 4) is 5.75 Å². The molecule has 2 aromatic heterocycles. The normalized spacial score (nSPS) is 16.5. The monoisotopic (exact) mass is 379 g/mol. The molecule has 28 heavy (non-hydrogen) atoms. The Morgan fingerprint density at radius 1 is 1.14 bits per heavy atom. The van der Waals surface area contributed by atoms with Gasteiger partial charge in [0.15, 0.2) is 0 Å². The maximum atomic E-state index is 11.8. The summed E-state index contributed by atoms with van der Waals surface area (Å²) >= 11 is 0. The van der Waals surface area contributed by atoms with E-state index in [0.29, 0.717) is 26.2 Å². The molecule has 0 aliphatic carbocycles. The molecule has 0 saturated heterocycles. The number of nitrogens with zero attached hydrogens (tertiary/aromatic N) is 5. The molecule has 0 saturated carbocycles. The highest BCUT2D eigenvalue weighted by atomic mass is 16.5. The van der Waals surface area contributed by atoms with Gasteiger partial charge in [-0.2, -0.15) is 0 Å². The van der Waals surface area contributed by atoms with Crippen LogP contribution in [0.3, 0.4) is 0 Å². The first-order valence-corrected chi connectivity index (χ1v) is 9.06. The van der Waals surface area contributed by atoms with Crippen LogP contribution in [0.4, 0.5) is 0 Å². The van der Waals surface area contributed by atoms with Gasteiger partial charge in [0.1, 0.15) is 30.0 Å². The fraction of sp³-hybridized carbons (Fsp3) is 0.300. The lowest BCUT2D eigenvalue weighted by molar-refractivity contribution is -0.145. The fourth-order valence-electron chi connectivity index (χ4n) is 3.33. The zero-order valence-corrected chi connectivity index (χ0v) is 15.5. The van der Waals surface area contributed by atoms with Gasteiger partial charge in [-0.15, -0.1) is 10.2 Å². The number of hydrogen-bond donors (Lipinski definition) is 1. The van der Waals surface area contributed by atoms with Gasteiger partial charge in [0.2, 0.25) is 0 Å². The van der Waals surface area contributed by atoms with E-state index in [1.165, 1.54) is 0 Å². The molecule has 3 heterocycles. The molecule has 1 aliphatic heterocycles. The summed E-state index contributed by atoms with van der Waals surface area (Å²) in [5.74, 6) is 1.48. The SMILES string of the molecule is Cc1nnc2n1CC(C(=O)O)N(Cc1ccc(OCc3ccncc3)cc1)C2. The summed E-state index contributed by atoms with van der Waals surface area (Å²) in [5.41, 5.74) is 2.07. The number of fused-ring (bicyclic) bond motifs is 1. The van der Waals surface area contributed by atoms with Crippen molar-refractivity contribution in [2.75, 3.05) is 0 Å². The molecule has 0 spiro atoms. The molecule has 3 aromatic rings. The Bertz CT molecular complexity index is 956. The third-order valence-corrected chi connectivity index (χ3v) is 4.90. The summed E-state index contributed by atoms with van der Waals surface area (Å²) < 4.78 is 7.67. The van der Waals surface area contributed by atoms with E-state index in [4.69, 9.17) is 4.74 Å². The van der Waals surface area contributed by atoms with Crippen LogP contribution in [0.5, 0.6) is 5.75 Å². The van der Waals surface area contributed by atoms with Crippen LogP contribution in [0.25, 0.3) is 0 Å². The summed E-state index contributed by atoms with van der Waals surface area (Å²) in [4.78, 5) is 17.7. The number of aromatic nitrogens is 4. The second-order valence-electron chi connectivity index (χ2n) is 6.82. The van der Waals surface area contributed by atoms with E-state index < -0.39 is 12.0 Å². The van der Waals surface area contributed by atoms with E-state index >= 15 is 0 Å². The van der Waals surface area contributed by atoms with Crippen LogP contribution in [0.1, 0.15) is 22.8 Å². The van der Waals surface area contributed by atoms with E-state index in [-0.39, 0.29) is 0 Å². The van der Waals surface area contributed by atoms with Gasteiger partial charge in [-0.3, -0.25) is 14.7 Å². The third kappa shape index (κ3) is 3.86. The van der Waals surface area contributed by atoms with Crippen molar-refractivity contribution in [1.82, 2.24) is 24.6 Å². The molecule has 1 atom stereocenters. The molecule has 144 valence electrons. The van der Waals surface area contributed by atoms with Crippen LogP contribution in [0, 0.1) is 6.92 Å². The van der Waals surface area contributed by atoms with Crippen molar-refractivity contribution in [3.05, 3.63) is 71.6 Å². The highest BCUT2D eigenvalue weighted by Gasteiger charge is 2.33. The highest BCUT2D eigenvalue weighted by Crippen LogP contribution is 2.22. The molecule has 8 heteroatoms. The second-order valence-corrected chi connectivity index (χ2v) is 6.82. The fourth-order valence-corrected chi connectivity index (χ4v) is 3.33. The zero-order valence-electron chi connectivity index (χ0n) is 15.5. The first-order valence-electron chi connectivity index (χ1n) is 9.06. The molecule has 8 nitrogen and oxygen atoms in total. The summed E-state index contributed by atoms with van der Waals surface area (Å²) in [6.45, 7) is 3.65. The number of aliphatic carboxylic acids is 1. The van der Waals surface area contributed by atoms with Gasteiger partial charge in [0.25, 0.3) is 0 Å². The van der Waals surface area contributed by atoms with Crippen LogP contribution < -0.4 is 4.74 Å². The minimum atomic E-state index is -0.837. The lowest BCUT2D eigenvalue weighted by Gasteiger charge is -2.33. The van der Waals surface area contributed by atoms with Crippen molar-refractivity contribution in [3.63, 3.8) is 0 Å². The Morgan fingerprint density at radius 3 is 2.61 bits per heavy atom. The van der Waals surface area contributed by atoms with Crippen LogP contribution in [0.15, 0.2) is 48.8 Å². The highest BCUT2D eigenvalue weighted by molar-refractivity contribution is 5.73. The summed E-state index contributed by atoms with van der Waals surface area (Å²) in [5, 5.41) is 17.9. The van der Waals surface area contributed by atoms with E-state index in [0.717, 1.165) is 28.5 Å². The topological polar surface area (TPSA) is 93.4 Å². The van der Waals surface area contributed by atoms with E-state index in [2.05, 4.69) is 15.2 Å². The number of carboxylic acid groups (broad SMARTS) is 1. The maximum Gasteiger partial charge on any atom is 0.322 e. The largest absolute Gasteiger partial charge is 0.489 e. The van der Waals surface area contributed by atoms with Gasteiger partial charge in [-0.05, 0) is 42.3 Å². The van der Waals surface area contributed by atoms with Gasteiger partial charge in [0, 0.05) is 18.9 Å². The van der Waals surface area contributed by atoms with Gasteiger partial charge in [0.05, 0.1) is 13.1 Å². The number of carbonyl (C=O) groups is 1. The van der Waals surface area contributed by atoms with Gasteiger partial charge in [-0.25, -0.2) is 0 Å². The number of carboxylic acids is 1. The number of ether oxygens (including phenoxy) is 1. The lowest BCUT2D eigenvalue weighted by atomic mass is 10.1. The number of aryl methyl sites for hydroxylation is 1. The van der Waals surface area contributed by atoms with Crippen LogP contribution in [-0.2, 0) is 31.0 Å². The standard InChI is InChI=1S/C20H21N5O3/c1-14-22-23-19-12-24(18(20(26)27)11-25(14)19)10-15-2-4-17(5-3-15)28-13-16-6-8-21-9-7-16/h2-9,18H,10-13H2,1H3,(H,26,27). The molecule has 1 aromatic carbocycles. The number of benzene rings is 1. The smallest absolute Gasteiger partial charge is 0.322 e. The van der Waals surface area contributed by atoms with Crippen molar-refractivity contribution in [1.29, 1.82) is 0 Å². The summed E-state index contributed by atoms with van der Waals surface area (Å²) in [7, 11) is 0. The molecule has 0 radical (unpaired) electrons. The minimum Gasteiger partial charge on any atom is -0.489 e. The Labute approximate surface area is 162 Å². The average molecular weight is 379 g/mol. The minimum absolute atomic E-state index is 0.358. The Balaban J connectivity index is 1.42. The quantitative estimate of drug-likeness (QED) is 0.700. The molecule has 4 rings (SSSR count). The van der Waals surface area contributed by atoms with Crippen molar-refractivity contribution in [2.45, 2.75) is 39.2 Å². The number of pyridine rings is 1. The second kappa shape index (κ2) is 7.77. The van der Waals surface area contributed by atoms with Gasteiger partial charge in [-0.1, -0.05) is 12.1 Å². The van der Waals surface area contributed by atoms with Crippen LogP contribution >= 0.6 is 0 Å². The average Bonchev–Trinajstić information content (AvgIpc) is 3.07. The molecule has 1 aliphatic rings. The lowest BCUT2D eigenvalue weighted by Crippen LogP contribution is -2.47. The first kappa shape index (κ1) is 18.1. The van der Waals surface area contributed by atoms with E-state index in [1.54, 1.807) is 12.4 Å². The molecule has 1 unspecified atom stereocenters. The van der Waals surface area contributed by atoms with Crippen molar-refractivity contribution < 1.29 is 14.6 Å². The third-order valence-electron chi connectivity index (χ3n) is 4.90. The van der Waals surface area contributed by atoms with E-state index in [9.17, 15) is 9.90 Å². The number of hydrogen-bond acceptors (Lipinski definition) is 6. The van der Waals surface area contributed by atoms with E-state index in [1.807, 2.05) is 52.8 Å². The Hall–Kier alpha value is -3.26. The zero-order chi connectivity index (χ0) is 19.5. The molecule has 1 N–H and O–H groups in total. The van der Waals surface area contributed by atoms with Crippen LogP contribution in [-0.4, -0.2) is 41.8 Å². The molecule has 0 bridgehead atoms. The number of rotatable bonds is 6. The molecule has 0 fully saturated rings. The Morgan fingerprint density at radius 2 is 1.89 bits per heavy atom. The predicted octanol–water partition coefficient (Wildman–Crippen LogP) is 2.03. The van der Waals surface area contributed by atoms with Gasteiger partial charge >= 0.3 is 5.97 Å².